The van der Waals surface area contributed by atoms with Crippen molar-refractivity contribution in [2.24, 2.45) is 11.3 Å². The number of hydrogen-bond donors (Lipinski definition) is 0. The zero-order valence-electron chi connectivity index (χ0n) is 10.8. The topological polar surface area (TPSA) is 0 Å². The third-order valence-electron chi connectivity index (χ3n) is 2.01. The lowest BCUT2D eigenvalue weighted by atomic mass is 10.1. The Bertz CT molecular complexity index is 62.4. The zero-order chi connectivity index (χ0) is 10.8. The Morgan fingerprint density at radius 3 is 0.917 bits per heavy atom. The Hall–Kier alpha value is 0. The Morgan fingerprint density at radius 2 is 0.917 bits per heavy atom. The lowest BCUT2D eigenvalue weighted by Crippen LogP contribution is -1.82. The van der Waals surface area contributed by atoms with E-state index in [1.54, 1.807) is 0 Å². The van der Waals surface area contributed by atoms with Crippen molar-refractivity contribution in [2.75, 3.05) is 0 Å². The summed E-state index contributed by atoms with van der Waals surface area (Å²) in [5, 5.41) is 0. The van der Waals surface area contributed by atoms with Crippen LogP contribution < -0.4 is 0 Å². The molecule has 1 aliphatic rings. The quantitative estimate of drug-likeness (QED) is 0.477. The molecule has 0 nitrogen and oxygen atoms in total. The van der Waals surface area contributed by atoms with E-state index < -0.39 is 0 Å². The molecule has 0 saturated heterocycles. The molecule has 1 fully saturated rings. The summed E-state index contributed by atoms with van der Waals surface area (Å²) in [7, 11) is 0. The predicted octanol–water partition coefficient (Wildman–Crippen LogP) is 5.13. The molecule has 1 saturated carbocycles. The molecule has 78 valence electrons. The highest BCUT2D eigenvalue weighted by atomic mass is 14.5. The van der Waals surface area contributed by atoms with Crippen LogP contribution in [0.5, 0.6) is 0 Å². The van der Waals surface area contributed by atoms with Gasteiger partial charge < -0.3 is 0 Å². The molecule has 1 atom stereocenters. The highest BCUT2D eigenvalue weighted by Crippen LogP contribution is 2.50. The van der Waals surface area contributed by atoms with Gasteiger partial charge >= 0.3 is 0 Å². The van der Waals surface area contributed by atoms with E-state index in [2.05, 4.69) is 20.8 Å². The first-order valence-electron chi connectivity index (χ1n) is 5.63. The lowest BCUT2D eigenvalue weighted by molar-refractivity contribution is 0.586. The zero-order valence-corrected chi connectivity index (χ0v) is 10.8. The minimum absolute atomic E-state index is 0.708. The summed E-state index contributed by atoms with van der Waals surface area (Å²) >= 11 is 0. The minimum atomic E-state index is 0.708. The second-order valence-electron chi connectivity index (χ2n) is 3.09. The van der Waals surface area contributed by atoms with Crippen LogP contribution in [-0.2, 0) is 0 Å². The summed E-state index contributed by atoms with van der Waals surface area (Å²) in [6.07, 6.45) is 1.44. The molecule has 12 heavy (non-hydrogen) atoms. The molecular formula is C12H30. The van der Waals surface area contributed by atoms with Crippen molar-refractivity contribution < 1.29 is 0 Å². The van der Waals surface area contributed by atoms with Crippen LogP contribution >= 0.6 is 0 Å². The fourth-order valence-corrected chi connectivity index (χ4v) is 0.730. The maximum absolute atomic E-state index is 2.32. The van der Waals surface area contributed by atoms with E-state index in [1.807, 2.05) is 41.5 Å². The number of rotatable bonds is 0. The molecule has 0 heterocycles. The molecule has 0 aromatic rings. The van der Waals surface area contributed by atoms with Gasteiger partial charge in [-0.3, -0.25) is 0 Å². The summed E-state index contributed by atoms with van der Waals surface area (Å²) in [5.74, 6) is 0.998. The molecule has 0 aromatic carbocycles. The fourth-order valence-electron chi connectivity index (χ4n) is 0.730. The Balaban J connectivity index is -0.000000117. The molecule has 1 aliphatic carbocycles. The second kappa shape index (κ2) is 11.0. The van der Waals surface area contributed by atoms with Gasteiger partial charge in [0.05, 0.1) is 0 Å². The Kier molecular flexibility index (Phi) is 16.4. The number of hydrogen-bond acceptors (Lipinski definition) is 0. The minimum Gasteiger partial charge on any atom is -0.0683 e. The molecule has 0 spiro atoms. The van der Waals surface area contributed by atoms with Crippen LogP contribution in [0, 0.1) is 11.3 Å². The van der Waals surface area contributed by atoms with Crippen molar-refractivity contribution in [3.8, 4) is 0 Å². The second-order valence-corrected chi connectivity index (χ2v) is 3.09. The molecule has 1 rings (SSSR count). The molecule has 0 aromatic heterocycles. The van der Waals surface area contributed by atoms with Gasteiger partial charge in [-0.05, 0) is 17.8 Å². The standard InChI is InChI=1S/C6H12.3C2H6/c1-5-4-6(5,2)3;3*1-2/h5H,4H2,1-3H3;3*1-2H3. The van der Waals surface area contributed by atoms with Gasteiger partial charge in [0.25, 0.3) is 0 Å². The Morgan fingerprint density at radius 1 is 0.833 bits per heavy atom. The highest BCUT2D eigenvalue weighted by molar-refractivity contribution is 4.91. The summed E-state index contributed by atoms with van der Waals surface area (Å²) < 4.78 is 0. The van der Waals surface area contributed by atoms with Gasteiger partial charge in [0.2, 0.25) is 0 Å². The van der Waals surface area contributed by atoms with Gasteiger partial charge in [-0.2, -0.15) is 0 Å². The van der Waals surface area contributed by atoms with Crippen LogP contribution in [0.3, 0.4) is 0 Å². The molecular weight excluding hydrogens is 144 g/mol. The molecule has 0 aliphatic heterocycles. The van der Waals surface area contributed by atoms with Crippen LogP contribution in [0.15, 0.2) is 0 Å². The summed E-state index contributed by atoms with van der Waals surface area (Å²) in [4.78, 5) is 0. The molecule has 0 amide bonds. The first kappa shape index (κ1) is 17.9. The first-order chi connectivity index (χ1) is 5.63. The van der Waals surface area contributed by atoms with E-state index in [0.717, 1.165) is 5.92 Å². The Labute approximate surface area is 80.8 Å². The average Bonchev–Trinajstić information content (AvgIpc) is 2.68. The molecule has 0 bridgehead atoms. The first-order valence-corrected chi connectivity index (χ1v) is 5.63. The van der Waals surface area contributed by atoms with Gasteiger partial charge in [0, 0.05) is 0 Å². The summed E-state index contributed by atoms with van der Waals surface area (Å²) in [5.41, 5.74) is 0.708. The van der Waals surface area contributed by atoms with Crippen LogP contribution in [-0.4, -0.2) is 0 Å². The summed E-state index contributed by atoms with van der Waals surface area (Å²) in [6, 6.07) is 0. The van der Waals surface area contributed by atoms with Gasteiger partial charge in [0.1, 0.15) is 0 Å². The van der Waals surface area contributed by atoms with Crippen molar-refractivity contribution >= 4 is 0 Å². The monoisotopic (exact) mass is 174 g/mol. The van der Waals surface area contributed by atoms with Gasteiger partial charge in [-0.15, -0.1) is 0 Å². The van der Waals surface area contributed by atoms with E-state index in [-0.39, 0.29) is 0 Å². The normalized spacial score (nSPS) is 21.2. The van der Waals surface area contributed by atoms with Crippen molar-refractivity contribution in [2.45, 2.75) is 68.7 Å². The summed E-state index contributed by atoms with van der Waals surface area (Å²) in [6.45, 7) is 18.9. The largest absolute Gasteiger partial charge is 0.0683 e. The average molecular weight is 174 g/mol. The van der Waals surface area contributed by atoms with E-state index in [1.165, 1.54) is 6.42 Å². The van der Waals surface area contributed by atoms with Crippen LogP contribution in [0.25, 0.3) is 0 Å². The molecule has 1 unspecified atom stereocenters. The van der Waals surface area contributed by atoms with E-state index in [0.29, 0.717) is 5.41 Å². The predicted molar refractivity (Wildman–Crippen MR) is 61.6 cm³/mol. The van der Waals surface area contributed by atoms with Gasteiger partial charge in [0.15, 0.2) is 0 Å². The molecule has 0 radical (unpaired) electrons. The highest BCUT2D eigenvalue weighted by Gasteiger charge is 2.41. The van der Waals surface area contributed by atoms with Crippen molar-refractivity contribution in [1.82, 2.24) is 0 Å². The van der Waals surface area contributed by atoms with E-state index in [4.69, 9.17) is 0 Å². The van der Waals surface area contributed by atoms with Crippen LogP contribution in [0.2, 0.25) is 0 Å². The van der Waals surface area contributed by atoms with Crippen molar-refractivity contribution in [1.29, 1.82) is 0 Å². The van der Waals surface area contributed by atoms with Crippen molar-refractivity contribution in [3.63, 3.8) is 0 Å². The van der Waals surface area contributed by atoms with E-state index in [9.17, 15) is 0 Å². The third-order valence-corrected chi connectivity index (χ3v) is 2.01. The maximum atomic E-state index is 2.32. The SMILES string of the molecule is CC.CC.CC.CC1CC1(C)C. The maximum Gasteiger partial charge on any atom is -0.0326 e. The van der Waals surface area contributed by atoms with Crippen molar-refractivity contribution in [3.05, 3.63) is 0 Å². The van der Waals surface area contributed by atoms with Crippen LogP contribution in [0.4, 0.5) is 0 Å². The molecule has 0 N–H and O–H groups in total. The van der Waals surface area contributed by atoms with Crippen LogP contribution in [0.1, 0.15) is 68.7 Å². The fraction of sp³-hybridized carbons (Fsp3) is 1.00. The third kappa shape index (κ3) is 10.0. The van der Waals surface area contributed by atoms with Gasteiger partial charge in [-0.1, -0.05) is 62.3 Å². The van der Waals surface area contributed by atoms with Gasteiger partial charge in [-0.25, -0.2) is 0 Å². The smallest absolute Gasteiger partial charge is 0.0326 e. The van der Waals surface area contributed by atoms with E-state index >= 15 is 0 Å². The molecule has 0 heteroatoms. The lowest BCUT2D eigenvalue weighted by Gasteiger charge is -1.91.